The lowest BCUT2D eigenvalue weighted by molar-refractivity contribution is -0.140. The summed E-state index contributed by atoms with van der Waals surface area (Å²) in [4.78, 5) is 14.2. The van der Waals surface area contributed by atoms with Crippen molar-refractivity contribution in [1.29, 1.82) is 0 Å². The van der Waals surface area contributed by atoms with Crippen LogP contribution in [0.25, 0.3) is 0 Å². The molecule has 1 amide bonds. The molecular weight excluding hydrogens is 202 g/mol. The zero-order valence-corrected chi connectivity index (χ0v) is 9.60. The lowest BCUT2D eigenvalue weighted by atomic mass is 9.86. The van der Waals surface area contributed by atoms with Crippen molar-refractivity contribution >= 4 is 5.91 Å². The maximum Gasteiger partial charge on any atom is 0.251 e. The van der Waals surface area contributed by atoms with Crippen molar-refractivity contribution in [3.05, 3.63) is 12.2 Å². The number of allylic oxidation sites excluding steroid dienone is 2. The molecule has 0 spiro atoms. The van der Waals surface area contributed by atoms with Gasteiger partial charge in [-0.2, -0.15) is 0 Å². The summed E-state index contributed by atoms with van der Waals surface area (Å²) >= 11 is 0. The van der Waals surface area contributed by atoms with Crippen LogP contribution in [0.15, 0.2) is 12.2 Å². The van der Waals surface area contributed by atoms with E-state index in [2.05, 4.69) is 12.2 Å². The normalized spacial score (nSPS) is 37.8. The molecule has 1 aliphatic carbocycles. The van der Waals surface area contributed by atoms with E-state index < -0.39 is 0 Å². The average Bonchev–Trinajstić information content (AvgIpc) is 2.97. The molecule has 3 rings (SSSR count). The molecule has 3 atom stereocenters. The average molecular weight is 221 g/mol. The Labute approximate surface area is 96.4 Å². The van der Waals surface area contributed by atoms with E-state index in [-0.39, 0.29) is 12.0 Å². The molecule has 0 saturated carbocycles. The van der Waals surface area contributed by atoms with Gasteiger partial charge in [-0.05, 0) is 37.5 Å². The van der Waals surface area contributed by atoms with E-state index in [0.717, 1.165) is 45.4 Å². The number of likely N-dealkylation sites (tertiary alicyclic amines) is 1. The lowest BCUT2D eigenvalue weighted by Gasteiger charge is -2.19. The molecule has 3 unspecified atom stereocenters. The van der Waals surface area contributed by atoms with Crippen LogP contribution in [0.2, 0.25) is 0 Å². The minimum absolute atomic E-state index is 0.131. The van der Waals surface area contributed by atoms with Gasteiger partial charge in [-0.25, -0.2) is 0 Å². The first-order valence-corrected chi connectivity index (χ1v) is 6.40. The number of nitrogens with zero attached hydrogens (tertiary/aromatic N) is 1. The Morgan fingerprint density at radius 1 is 1.19 bits per heavy atom. The van der Waals surface area contributed by atoms with Gasteiger partial charge in [-0.15, -0.1) is 0 Å². The first-order chi connectivity index (χ1) is 7.84. The molecule has 0 bridgehead atoms. The van der Waals surface area contributed by atoms with Gasteiger partial charge in [0.25, 0.3) is 5.91 Å². The molecule has 0 aromatic heterocycles. The van der Waals surface area contributed by atoms with E-state index in [1.807, 2.05) is 4.90 Å². The SMILES string of the molecule is O=C(C1CCCO1)N1CC2CC=CCC2C1. The molecule has 0 aromatic rings. The van der Waals surface area contributed by atoms with Gasteiger partial charge in [0, 0.05) is 19.7 Å². The number of hydrogen-bond donors (Lipinski definition) is 0. The molecule has 2 fully saturated rings. The van der Waals surface area contributed by atoms with Crippen molar-refractivity contribution in [3.8, 4) is 0 Å². The van der Waals surface area contributed by atoms with Crippen LogP contribution in [-0.2, 0) is 9.53 Å². The molecule has 16 heavy (non-hydrogen) atoms. The van der Waals surface area contributed by atoms with Gasteiger partial charge in [0.1, 0.15) is 6.10 Å². The molecule has 3 heteroatoms. The number of carbonyl (C=O) groups is 1. The number of hydrogen-bond acceptors (Lipinski definition) is 2. The van der Waals surface area contributed by atoms with Crippen molar-refractivity contribution < 1.29 is 9.53 Å². The lowest BCUT2D eigenvalue weighted by Crippen LogP contribution is -2.37. The third-order valence-electron chi connectivity index (χ3n) is 4.14. The van der Waals surface area contributed by atoms with Crippen molar-refractivity contribution in [2.24, 2.45) is 11.8 Å². The minimum Gasteiger partial charge on any atom is -0.368 e. The maximum atomic E-state index is 12.2. The van der Waals surface area contributed by atoms with Gasteiger partial charge in [0.2, 0.25) is 0 Å². The van der Waals surface area contributed by atoms with E-state index in [9.17, 15) is 4.79 Å². The second kappa shape index (κ2) is 4.21. The molecule has 0 N–H and O–H groups in total. The zero-order valence-electron chi connectivity index (χ0n) is 9.60. The van der Waals surface area contributed by atoms with Crippen LogP contribution >= 0.6 is 0 Å². The first kappa shape index (κ1) is 10.3. The molecule has 88 valence electrons. The Balaban J connectivity index is 1.62. The summed E-state index contributed by atoms with van der Waals surface area (Å²) in [6, 6.07) is 0. The topological polar surface area (TPSA) is 29.5 Å². The fourth-order valence-electron chi connectivity index (χ4n) is 3.17. The number of ether oxygens (including phenoxy) is 1. The largest absolute Gasteiger partial charge is 0.368 e. The van der Waals surface area contributed by atoms with Gasteiger partial charge < -0.3 is 9.64 Å². The van der Waals surface area contributed by atoms with Gasteiger partial charge in [-0.1, -0.05) is 12.2 Å². The van der Waals surface area contributed by atoms with Gasteiger partial charge in [-0.3, -0.25) is 4.79 Å². The Bertz CT molecular complexity index is 291. The van der Waals surface area contributed by atoms with Gasteiger partial charge >= 0.3 is 0 Å². The number of fused-ring (bicyclic) bond motifs is 1. The monoisotopic (exact) mass is 221 g/mol. The maximum absolute atomic E-state index is 12.2. The van der Waals surface area contributed by atoms with Crippen LogP contribution in [0.1, 0.15) is 25.7 Å². The van der Waals surface area contributed by atoms with Crippen molar-refractivity contribution in [1.82, 2.24) is 4.90 Å². The summed E-state index contributed by atoms with van der Waals surface area (Å²) in [5.41, 5.74) is 0. The third-order valence-corrected chi connectivity index (χ3v) is 4.14. The van der Waals surface area contributed by atoms with Gasteiger partial charge in [0.05, 0.1) is 0 Å². The van der Waals surface area contributed by atoms with Crippen LogP contribution in [0.4, 0.5) is 0 Å². The second-order valence-corrected chi connectivity index (χ2v) is 5.21. The smallest absolute Gasteiger partial charge is 0.251 e. The molecule has 2 saturated heterocycles. The highest BCUT2D eigenvalue weighted by Gasteiger charge is 2.38. The summed E-state index contributed by atoms with van der Waals surface area (Å²) in [7, 11) is 0. The van der Waals surface area contributed by atoms with E-state index in [0.29, 0.717) is 11.8 Å². The molecule has 0 aromatic carbocycles. The summed E-state index contributed by atoms with van der Waals surface area (Å²) in [5.74, 6) is 1.65. The van der Waals surface area contributed by atoms with Crippen LogP contribution < -0.4 is 0 Å². The molecule has 0 radical (unpaired) electrons. The quantitative estimate of drug-likeness (QED) is 0.629. The van der Waals surface area contributed by atoms with Gasteiger partial charge in [0.15, 0.2) is 0 Å². The summed E-state index contributed by atoms with van der Waals surface area (Å²) in [6.07, 6.45) is 8.66. The Morgan fingerprint density at radius 2 is 1.88 bits per heavy atom. The van der Waals surface area contributed by atoms with E-state index in [1.165, 1.54) is 0 Å². The van der Waals surface area contributed by atoms with E-state index in [4.69, 9.17) is 4.74 Å². The molecule has 3 aliphatic rings. The molecule has 2 aliphatic heterocycles. The van der Waals surface area contributed by atoms with Crippen LogP contribution in [0, 0.1) is 11.8 Å². The second-order valence-electron chi connectivity index (χ2n) is 5.21. The van der Waals surface area contributed by atoms with Crippen LogP contribution in [-0.4, -0.2) is 36.6 Å². The third kappa shape index (κ3) is 1.77. The predicted molar refractivity (Wildman–Crippen MR) is 60.9 cm³/mol. The fourth-order valence-corrected chi connectivity index (χ4v) is 3.17. The first-order valence-electron chi connectivity index (χ1n) is 6.40. The fraction of sp³-hybridized carbons (Fsp3) is 0.769. The van der Waals surface area contributed by atoms with E-state index in [1.54, 1.807) is 0 Å². The number of amides is 1. The summed E-state index contributed by atoms with van der Waals surface area (Å²) in [6.45, 7) is 2.67. The molecule has 2 heterocycles. The van der Waals surface area contributed by atoms with Crippen LogP contribution in [0.5, 0.6) is 0 Å². The summed E-state index contributed by atoms with van der Waals surface area (Å²) in [5, 5.41) is 0. The van der Waals surface area contributed by atoms with Crippen molar-refractivity contribution in [2.45, 2.75) is 31.8 Å². The standard InChI is InChI=1S/C13H19NO2/c15-13(12-6-3-7-16-12)14-8-10-4-1-2-5-11(10)9-14/h1-2,10-12H,3-9H2. The summed E-state index contributed by atoms with van der Waals surface area (Å²) < 4.78 is 5.47. The number of rotatable bonds is 1. The highest BCUT2D eigenvalue weighted by atomic mass is 16.5. The number of carbonyl (C=O) groups excluding carboxylic acids is 1. The van der Waals surface area contributed by atoms with Crippen molar-refractivity contribution in [2.75, 3.05) is 19.7 Å². The molecule has 3 nitrogen and oxygen atoms in total. The Morgan fingerprint density at radius 3 is 2.44 bits per heavy atom. The van der Waals surface area contributed by atoms with E-state index >= 15 is 0 Å². The molecular formula is C13H19NO2. The zero-order chi connectivity index (χ0) is 11.0. The minimum atomic E-state index is -0.131. The highest BCUT2D eigenvalue weighted by Crippen LogP contribution is 2.33. The van der Waals surface area contributed by atoms with Crippen LogP contribution in [0.3, 0.4) is 0 Å². The van der Waals surface area contributed by atoms with Crippen molar-refractivity contribution in [3.63, 3.8) is 0 Å². The highest BCUT2D eigenvalue weighted by molar-refractivity contribution is 5.81. The predicted octanol–water partition coefficient (Wildman–Crippen LogP) is 1.59. The Hall–Kier alpha value is -0.830. The Kier molecular flexibility index (Phi) is 2.72.